The van der Waals surface area contributed by atoms with Gasteiger partial charge in [-0.25, -0.2) is 27.3 Å². The van der Waals surface area contributed by atoms with Crippen LogP contribution in [0.2, 0.25) is 0 Å². The largest absolute Gasteiger partial charge is 0.744 e. The second-order valence-corrected chi connectivity index (χ2v) is 16.0. The molecule has 0 radical (unpaired) electrons. The maximum Gasteiger partial charge on any atom is 0.416 e. The number of nitrogens with zero attached hydrogens (tertiary/aromatic N) is 6. The zero-order chi connectivity index (χ0) is 42.4. The highest BCUT2D eigenvalue weighted by atomic mass is 32.2. The average molecular weight is 822 g/mol. The number of nitriles is 1. The molecule has 0 saturated heterocycles. The maximum atomic E-state index is 14.0. The van der Waals surface area contributed by atoms with Crippen LogP contribution >= 0.6 is 0 Å². The highest BCUT2D eigenvalue weighted by Crippen LogP contribution is 2.32. The minimum absolute atomic E-state index is 0.0613. The number of rotatable bonds is 9. The lowest BCUT2D eigenvalue weighted by Crippen LogP contribution is -2.44. The minimum atomic E-state index is -4.65. The lowest BCUT2D eigenvalue weighted by molar-refractivity contribution is -0.870. The van der Waals surface area contributed by atoms with Gasteiger partial charge in [0.1, 0.15) is 29.0 Å². The summed E-state index contributed by atoms with van der Waals surface area (Å²) in [6, 6.07) is 20.6. The van der Waals surface area contributed by atoms with E-state index in [1.54, 1.807) is 43.3 Å². The van der Waals surface area contributed by atoms with Gasteiger partial charge in [0.05, 0.1) is 78.1 Å². The molecule has 18 heteroatoms. The van der Waals surface area contributed by atoms with Gasteiger partial charge in [-0.1, -0.05) is 24.3 Å². The van der Waals surface area contributed by atoms with Crippen LogP contribution in [0.4, 0.5) is 18.0 Å². The van der Waals surface area contributed by atoms with Crippen molar-refractivity contribution in [2.75, 3.05) is 34.3 Å². The molecule has 1 amide bonds. The van der Waals surface area contributed by atoms with E-state index in [0.717, 1.165) is 21.3 Å². The zero-order valence-electron chi connectivity index (χ0n) is 32.1. The summed E-state index contributed by atoms with van der Waals surface area (Å²) in [6.07, 6.45) is -1.25. The van der Waals surface area contributed by atoms with E-state index >= 15 is 0 Å². The van der Waals surface area contributed by atoms with E-state index in [4.69, 9.17) is 4.74 Å². The number of carbonyl (C=O) groups excluding carboxylic acids is 2. The molecule has 1 fully saturated rings. The molecule has 306 valence electrons. The molecule has 0 bridgehead atoms. The van der Waals surface area contributed by atoms with E-state index in [2.05, 4.69) is 10.4 Å². The van der Waals surface area contributed by atoms with Crippen LogP contribution in [0, 0.1) is 24.2 Å². The Bertz CT molecular complexity index is 2460. The van der Waals surface area contributed by atoms with Crippen LogP contribution in [0.3, 0.4) is 0 Å². The fraction of sp³-hybridized carbons (Fsp3) is 0.325. The second kappa shape index (κ2) is 17.6. The maximum absolute atomic E-state index is 14.0. The molecule has 3 aromatic carbocycles. The molecule has 0 unspecified atom stereocenters. The van der Waals surface area contributed by atoms with Crippen molar-refractivity contribution in [1.29, 1.82) is 5.26 Å². The van der Waals surface area contributed by atoms with Gasteiger partial charge in [0.15, 0.2) is 0 Å². The highest BCUT2D eigenvalue weighted by Gasteiger charge is 2.33. The van der Waals surface area contributed by atoms with Crippen LogP contribution in [0.1, 0.15) is 42.5 Å². The number of hydrogen-bond donors (Lipinski definition) is 1. The molecular formula is C40H42F3N7O7S. The minimum Gasteiger partial charge on any atom is -0.744 e. The lowest BCUT2D eigenvalue weighted by atomic mass is 9.86. The number of halogens is 3. The van der Waals surface area contributed by atoms with Crippen LogP contribution in [0.25, 0.3) is 22.8 Å². The van der Waals surface area contributed by atoms with Crippen molar-refractivity contribution in [1.82, 2.24) is 24.2 Å². The fourth-order valence-electron chi connectivity index (χ4n) is 6.42. The van der Waals surface area contributed by atoms with Gasteiger partial charge in [-0.15, -0.1) is 0 Å². The van der Waals surface area contributed by atoms with Crippen LogP contribution < -0.4 is 11.0 Å². The Kier molecular flexibility index (Phi) is 13.1. The van der Waals surface area contributed by atoms with Crippen molar-refractivity contribution in [2.45, 2.75) is 49.7 Å². The summed E-state index contributed by atoms with van der Waals surface area (Å²) in [4.78, 5) is 40.5. The van der Waals surface area contributed by atoms with E-state index in [9.17, 15) is 45.8 Å². The Morgan fingerprint density at radius 3 is 2.19 bits per heavy atom. The number of benzene rings is 3. The molecule has 1 N–H and O–H groups in total. The van der Waals surface area contributed by atoms with E-state index in [-0.39, 0.29) is 39.9 Å². The number of imidazole rings is 1. The number of carbonyl (C=O) groups is 2. The molecule has 1 saturated carbocycles. The monoisotopic (exact) mass is 821 g/mol. The number of ether oxygens (including phenoxy) is 1. The van der Waals surface area contributed by atoms with Crippen molar-refractivity contribution in [2.24, 2.45) is 5.92 Å². The third-order valence-electron chi connectivity index (χ3n) is 9.47. The molecule has 2 heterocycles. The van der Waals surface area contributed by atoms with E-state index in [1.807, 2.05) is 27.2 Å². The second-order valence-electron chi connectivity index (χ2n) is 14.7. The molecule has 58 heavy (non-hydrogen) atoms. The number of alkyl halides is 3. The van der Waals surface area contributed by atoms with E-state index in [0.29, 0.717) is 60.3 Å². The first-order valence-corrected chi connectivity index (χ1v) is 19.5. The Labute approximate surface area is 333 Å². The Morgan fingerprint density at radius 1 is 0.966 bits per heavy atom. The van der Waals surface area contributed by atoms with E-state index < -0.39 is 33.6 Å². The molecule has 5 aromatic rings. The van der Waals surface area contributed by atoms with Crippen molar-refractivity contribution in [3.05, 3.63) is 118 Å². The third-order valence-corrected chi connectivity index (χ3v) is 10.3. The standard InChI is InChI=1S/C34H36F3N7O4.C6H6O3S/c1-22-30(29-16-17-39-43(29)27-14-8-23(21-38)9-15-27)42(33(47)41(22)28-7-5-6-25(20-28)34(35,36)37)32(46)40-26-12-10-24(11-13-26)31(45)48-19-18-44(2,3)4;7-10(8,9)6-4-2-1-3-5-6/h5-9,14-17,20,24,26H,10-13,18-19H2,1-4H3;1-5H,(H,7,8,9). The predicted octanol–water partition coefficient (Wildman–Crippen LogP) is 5.65. The number of nitrogens with one attached hydrogen (secondary N) is 1. The summed E-state index contributed by atoms with van der Waals surface area (Å²) >= 11 is 0. The van der Waals surface area contributed by atoms with Crippen molar-refractivity contribution in [3.8, 4) is 28.8 Å². The molecule has 0 aliphatic heterocycles. The number of amides is 1. The van der Waals surface area contributed by atoms with Gasteiger partial charge >= 0.3 is 23.9 Å². The third kappa shape index (κ3) is 10.5. The van der Waals surface area contributed by atoms with Crippen molar-refractivity contribution >= 4 is 22.1 Å². The molecule has 6 rings (SSSR count). The summed E-state index contributed by atoms with van der Waals surface area (Å²) in [5, 5.41) is 16.5. The van der Waals surface area contributed by atoms with Crippen LogP contribution in [-0.4, -0.2) is 88.7 Å². The van der Waals surface area contributed by atoms with Gasteiger partial charge in [-0.2, -0.15) is 23.5 Å². The average Bonchev–Trinajstić information content (AvgIpc) is 3.76. The molecule has 0 atom stereocenters. The predicted molar refractivity (Wildman–Crippen MR) is 205 cm³/mol. The number of aromatic nitrogens is 4. The Balaban J connectivity index is 0.000000559. The van der Waals surface area contributed by atoms with Crippen LogP contribution in [0.15, 0.2) is 101 Å². The Morgan fingerprint density at radius 2 is 1.62 bits per heavy atom. The molecule has 0 spiro atoms. The first-order chi connectivity index (χ1) is 27.3. The summed E-state index contributed by atoms with van der Waals surface area (Å²) in [5.74, 6) is -0.563. The number of esters is 1. The lowest BCUT2D eigenvalue weighted by Gasteiger charge is -2.28. The summed E-state index contributed by atoms with van der Waals surface area (Å²) in [5.41, 5.74) is -0.239. The Hall–Kier alpha value is -6.03. The highest BCUT2D eigenvalue weighted by molar-refractivity contribution is 7.85. The topological polar surface area (TPSA) is 181 Å². The molecule has 2 aromatic heterocycles. The first kappa shape index (κ1) is 43.1. The van der Waals surface area contributed by atoms with Gasteiger partial charge in [0.2, 0.25) is 0 Å². The number of hydrogen-bond acceptors (Lipinski definition) is 9. The first-order valence-electron chi connectivity index (χ1n) is 18.1. The molecule has 1 aliphatic rings. The number of likely N-dealkylation sites (N-methyl/N-ethyl adjacent to an activating group) is 1. The van der Waals surface area contributed by atoms with Gasteiger partial charge in [0.25, 0.3) is 0 Å². The van der Waals surface area contributed by atoms with Gasteiger partial charge < -0.3 is 19.1 Å². The normalized spacial score (nSPS) is 15.8. The van der Waals surface area contributed by atoms with Crippen LogP contribution in [-0.2, 0) is 25.8 Å². The smallest absolute Gasteiger partial charge is 0.416 e. The fourth-order valence-corrected chi connectivity index (χ4v) is 6.91. The van der Waals surface area contributed by atoms with E-state index in [1.165, 1.54) is 47.3 Å². The van der Waals surface area contributed by atoms with Crippen LogP contribution in [0.5, 0.6) is 0 Å². The van der Waals surface area contributed by atoms with Crippen molar-refractivity contribution in [3.63, 3.8) is 0 Å². The van der Waals surface area contributed by atoms with Crippen molar-refractivity contribution < 1.29 is 45.0 Å². The summed E-state index contributed by atoms with van der Waals surface area (Å²) in [6.45, 7) is 2.54. The van der Waals surface area contributed by atoms with Gasteiger partial charge in [-0.05, 0) is 93.3 Å². The summed E-state index contributed by atoms with van der Waals surface area (Å²) in [7, 11) is 1.77. The molecule has 14 nitrogen and oxygen atoms in total. The number of quaternary nitrogens is 1. The molecular weight excluding hydrogens is 780 g/mol. The van der Waals surface area contributed by atoms with Gasteiger partial charge in [0, 0.05) is 6.04 Å². The molecule has 1 aliphatic carbocycles. The summed E-state index contributed by atoms with van der Waals surface area (Å²) < 4.78 is 81.4. The quantitative estimate of drug-likeness (QED) is 0.112. The SMILES string of the molecule is Cc1c(-c2ccnn2-c2ccc(C#N)cc2)n(C(=O)NC2CCC(C(=O)OCC[N+](C)(C)C)CC2)c(=O)n1-c1cccc(C(F)(F)F)c1.O=S(=O)([O-])c1ccccc1. The zero-order valence-corrected chi connectivity index (χ0v) is 33.0. The van der Waals surface area contributed by atoms with Gasteiger partial charge in [-0.3, -0.25) is 9.36 Å².